The van der Waals surface area contributed by atoms with Crippen LogP contribution in [0.1, 0.15) is 75.1 Å². The molecule has 0 aliphatic heterocycles. The Kier molecular flexibility index (Phi) is 4.43. The van der Waals surface area contributed by atoms with Crippen molar-refractivity contribution in [3.8, 4) is 11.1 Å². The Labute approximate surface area is 141 Å². The van der Waals surface area contributed by atoms with Crippen LogP contribution in [0.2, 0.25) is 0 Å². The van der Waals surface area contributed by atoms with Gasteiger partial charge >= 0.3 is 0 Å². The zero-order valence-corrected chi connectivity index (χ0v) is 15.1. The third kappa shape index (κ3) is 2.87. The van der Waals surface area contributed by atoms with Crippen LogP contribution in [-0.2, 0) is 6.42 Å². The summed E-state index contributed by atoms with van der Waals surface area (Å²) < 4.78 is 0. The SMILES string of the molecule is CCC1=Cc2c(ccc(C(C)C)c2-c2ccccc2C(C)C)C1. The normalized spacial score (nSPS) is 13.6. The molecule has 0 radical (unpaired) electrons. The predicted molar refractivity (Wildman–Crippen MR) is 102 cm³/mol. The largest absolute Gasteiger partial charge is 0.0655 e. The molecule has 1 aliphatic rings. The summed E-state index contributed by atoms with van der Waals surface area (Å²) >= 11 is 0. The molecule has 0 heterocycles. The van der Waals surface area contributed by atoms with Crippen molar-refractivity contribution in [2.45, 2.75) is 59.3 Å². The maximum atomic E-state index is 2.45. The van der Waals surface area contributed by atoms with Gasteiger partial charge in [0.1, 0.15) is 0 Å². The molecule has 0 unspecified atom stereocenters. The number of benzene rings is 2. The monoisotopic (exact) mass is 304 g/mol. The first-order chi connectivity index (χ1) is 11.0. The molecule has 23 heavy (non-hydrogen) atoms. The van der Waals surface area contributed by atoms with E-state index < -0.39 is 0 Å². The Morgan fingerprint density at radius 1 is 0.870 bits per heavy atom. The van der Waals surface area contributed by atoms with E-state index in [1.807, 2.05) is 0 Å². The van der Waals surface area contributed by atoms with Crippen molar-refractivity contribution in [3.05, 3.63) is 64.2 Å². The highest BCUT2D eigenvalue weighted by atomic mass is 14.3. The molecule has 0 aromatic heterocycles. The number of rotatable bonds is 4. The second kappa shape index (κ2) is 6.35. The van der Waals surface area contributed by atoms with Crippen LogP contribution < -0.4 is 0 Å². The van der Waals surface area contributed by atoms with E-state index >= 15 is 0 Å². The average molecular weight is 304 g/mol. The van der Waals surface area contributed by atoms with E-state index in [1.54, 1.807) is 5.57 Å². The summed E-state index contributed by atoms with van der Waals surface area (Å²) in [6, 6.07) is 13.7. The van der Waals surface area contributed by atoms with E-state index in [0.717, 1.165) is 12.8 Å². The molecule has 0 bridgehead atoms. The highest BCUT2D eigenvalue weighted by Crippen LogP contribution is 2.42. The minimum Gasteiger partial charge on any atom is -0.0655 e. The zero-order chi connectivity index (χ0) is 16.6. The molecular formula is C23H28. The summed E-state index contributed by atoms with van der Waals surface area (Å²) in [4.78, 5) is 0. The summed E-state index contributed by atoms with van der Waals surface area (Å²) in [6.07, 6.45) is 4.73. The molecule has 1 aliphatic carbocycles. The molecule has 0 fully saturated rings. The Morgan fingerprint density at radius 2 is 1.57 bits per heavy atom. The molecule has 2 aromatic rings. The predicted octanol–water partition coefficient (Wildman–Crippen LogP) is 6.95. The summed E-state index contributed by atoms with van der Waals surface area (Å²) in [7, 11) is 0. The van der Waals surface area contributed by atoms with E-state index in [4.69, 9.17) is 0 Å². The van der Waals surface area contributed by atoms with Gasteiger partial charge in [0.2, 0.25) is 0 Å². The molecule has 0 spiro atoms. The van der Waals surface area contributed by atoms with Gasteiger partial charge in [-0.1, -0.05) is 82.7 Å². The van der Waals surface area contributed by atoms with Crippen LogP contribution in [0.5, 0.6) is 0 Å². The Morgan fingerprint density at radius 3 is 2.22 bits per heavy atom. The molecule has 0 saturated heterocycles. The summed E-state index contributed by atoms with van der Waals surface area (Å²) in [5.41, 5.74) is 10.4. The van der Waals surface area contributed by atoms with E-state index in [2.05, 4.69) is 77.1 Å². The fourth-order valence-electron chi connectivity index (χ4n) is 3.74. The van der Waals surface area contributed by atoms with Crippen molar-refractivity contribution in [3.63, 3.8) is 0 Å². The zero-order valence-electron chi connectivity index (χ0n) is 15.1. The van der Waals surface area contributed by atoms with E-state index in [-0.39, 0.29) is 0 Å². The van der Waals surface area contributed by atoms with Crippen molar-refractivity contribution in [1.82, 2.24) is 0 Å². The first-order valence-electron chi connectivity index (χ1n) is 8.97. The fraction of sp³-hybridized carbons (Fsp3) is 0.391. The molecule has 0 nitrogen and oxygen atoms in total. The van der Waals surface area contributed by atoms with Gasteiger partial charge < -0.3 is 0 Å². The maximum absolute atomic E-state index is 2.45. The second-order valence-electron chi connectivity index (χ2n) is 7.33. The van der Waals surface area contributed by atoms with Crippen LogP contribution in [0, 0.1) is 0 Å². The summed E-state index contributed by atoms with van der Waals surface area (Å²) in [5, 5.41) is 0. The van der Waals surface area contributed by atoms with Crippen LogP contribution in [0.15, 0.2) is 42.0 Å². The van der Waals surface area contributed by atoms with Crippen LogP contribution in [-0.4, -0.2) is 0 Å². The van der Waals surface area contributed by atoms with Gasteiger partial charge in [0.15, 0.2) is 0 Å². The number of allylic oxidation sites excluding steroid dienone is 1. The van der Waals surface area contributed by atoms with E-state index in [0.29, 0.717) is 11.8 Å². The first-order valence-corrected chi connectivity index (χ1v) is 8.97. The standard InChI is InChI=1S/C23H28/c1-6-17-13-18-11-12-20(16(4)5)23(22(18)14-17)21-10-8-7-9-19(21)15(2)3/h7-12,14-16H,6,13H2,1-5H3. The highest BCUT2D eigenvalue weighted by Gasteiger charge is 2.22. The van der Waals surface area contributed by atoms with Crippen LogP contribution in [0.3, 0.4) is 0 Å². The number of hydrogen-bond acceptors (Lipinski definition) is 0. The van der Waals surface area contributed by atoms with Crippen LogP contribution in [0.25, 0.3) is 17.2 Å². The van der Waals surface area contributed by atoms with Gasteiger partial charge in [-0.05, 0) is 58.1 Å². The van der Waals surface area contributed by atoms with Crippen molar-refractivity contribution in [2.75, 3.05) is 0 Å². The van der Waals surface area contributed by atoms with Gasteiger partial charge in [0, 0.05) is 0 Å². The van der Waals surface area contributed by atoms with Crippen molar-refractivity contribution >= 4 is 6.08 Å². The lowest BCUT2D eigenvalue weighted by atomic mass is 9.83. The molecule has 0 N–H and O–H groups in total. The van der Waals surface area contributed by atoms with Crippen molar-refractivity contribution in [2.24, 2.45) is 0 Å². The van der Waals surface area contributed by atoms with Gasteiger partial charge in [-0.15, -0.1) is 0 Å². The summed E-state index contributed by atoms with van der Waals surface area (Å²) in [5.74, 6) is 1.08. The number of fused-ring (bicyclic) bond motifs is 1. The lowest BCUT2D eigenvalue weighted by Crippen LogP contribution is -2.00. The molecule has 0 saturated carbocycles. The topological polar surface area (TPSA) is 0 Å². The summed E-state index contributed by atoms with van der Waals surface area (Å²) in [6.45, 7) is 11.5. The van der Waals surface area contributed by atoms with Crippen molar-refractivity contribution in [1.29, 1.82) is 0 Å². The lowest BCUT2D eigenvalue weighted by Gasteiger charge is -2.21. The number of hydrogen-bond donors (Lipinski definition) is 0. The molecule has 120 valence electrons. The highest BCUT2D eigenvalue weighted by molar-refractivity contribution is 5.85. The smallest absolute Gasteiger partial charge is 0.00577 e. The third-order valence-electron chi connectivity index (χ3n) is 5.06. The lowest BCUT2D eigenvalue weighted by molar-refractivity contribution is 0.856. The second-order valence-corrected chi connectivity index (χ2v) is 7.33. The Balaban J connectivity index is 2.31. The van der Waals surface area contributed by atoms with Crippen molar-refractivity contribution < 1.29 is 0 Å². The van der Waals surface area contributed by atoms with Gasteiger partial charge in [-0.3, -0.25) is 0 Å². The molecule has 3 rings (SSSR count). The molecular weight excluding hydrogens is 276 g/mol. The first kappa shape index (κ1) is 16.1. The van der Waals surface area contributed by atoms with Crippen LogP contribution >= 0.6 is 0 Å². The van der Waals surface area contributed by atoms with E-state index in [1.165, 1.54) is 33.4 Å². The van der Waals surface area contributed by atoms with Gasteiger partial charge in [0.25, 0.3) is 0 Å². The average Bonchev–Trinajstić information content (AvgIpc) is 2.96. The van der Waals surface area contributed by atoms with Gasteiger partial charge in [-0.2, -0.15) is 0 Å². The minimum atomic E-state index is 0.537. The molecule has 0 heteroatoms. The Hall–Kier alpha value is -1.82. The quantitative estimate of drug-likeness (QED) is 0.573. The maximum Gasteiger partial charge on any atom is -0.00577 e. The van der Waals surface area contributed by atoms with Crippen LogP contribution in [0.4, 0.5) is 0 Å². The fourth-order valence-corrected chi connectivity index (χ4v) is 3.74. The van der Waals surface area contributed by atoms with Gasteiger partial charge in [-0.25, -0.2) is 0 Å². The molecule has 0 amide bonds. The third-order valence-corrected chi connectivity index (χ3v) is 5.06. The Bertz CT molecular complexity index is 745. The van der Waals surface area contributed by atoms with Gasteiger partial charge in [0.05, 0.1) is 0 Å². The molecule has 0 atom stereocenters. The molecule has 2 aromatic carbocycles. The van der Waals surface area contributed by atoms with E-state index in [9.17, 15) is 0 Å². The minimum absolute atomic E-state index is 0.537.